The van der Waals surface area contributed by atoms with E-state index in [0.29, 0.717) is 0 Å². The number of hydrogen-bond acceptors (Lipinski definition) is 2. The summed E-state index contributed by atoms with van der Waals surface area (Å²) in [6.45, 7) is 9.81. The van der Waals surface area contributed by atoms with Crippen LogP contribution in [0.5, 0.6) is 0 Å². The van der Waals surface area contributed by atoms with Gasteiger partial charge in [0.15, 0.2) is 0 Å². The highest BCUT2D eigenvalue weighted by Crippen LogP contribution is 2.57. The van der Waals surface area contributed by atoms with Gasteiger partial charge < -0.3 is 14.4 Å². The smallest absolute Gasteiger partial charge is 0.247 e. The number of para-hydroxylation sites is 4. The SMILES string of the molecule is CC1(C)c2ccccc2B2c3c(cc(N(c4ccccc4)c4ccccc4)cc31)-n1c3c(c4c(N(c5ccccc5)c5ccccc5)ccc2c41)C(C)(C)c1ccccc1-3. The summed E-state index contributed by atoms with van der Waals surface area (Å²) in [6.07, 6.45) is 0. The van der Waals surface area contributed by atoms with Crippen molar-refractivity contribution in [1.29, 1.82) is 0 Å². The van der Waals surface area contributed by atoms with Crippen LogP contribution in [0.15, 0.2) is 194 Å². The topological polar surface area (TPSA) is 11.4 Å². The van der Waals surface area contributed by atoms with Crippen molar-refractivity contribution in [3.05, 3.63) is 216 Å². The van der Waals surface area contributed by atoms with Gasteiger partial charge in [-0.05, 0) is 99.9 Å². The van der Waals surface area contributed by atoms with Crippen LogP contribution in [0.2, 0.25) is 0 Å². The van der Waals surface area contributed by atoms with E-state index in [9.17, 15) is 0 Å². The van der Waals surface area contributed by atoms with Gasteiger partial charge in [0, 0.05) is 55.9 Å². The highest BCUT2D eigenvalue weighted by molar-refractivity contribution is 6.99. The molecule has 3 heterocycles. The van der Waals surface area contributed by atoms with Crippen molar-refractivity contribution >= 4 is 68.1 Å². The number of rotatable bonds is 6. The van der Waals surface area contributed by atoms with Gasteiger partial charge in [-0.25, -0.2) is 0 Å². The first-order valence-electron chi connectivity index (χ1n) is 21.2. The Morgan fingerprint density at radius 1 is 0.433 bits per heavy atom. The third kappa shape index (κ3) is 4.73. The number of aromatic nitrogens is 1. The molecule has 3 nitrogen and oxygen atoms in total. The minimum absolute atomic E-state index is 0.0644. The maximum Gasteiger partial charge on any atom is 0.247 e. The Kier molecular flexibility index (Phi) is 7.42. The monoisotopic (exact) mass is 769 g/mol. The molecule has 8 aromatic carbocycles. The number of anilines is 6. The fourth-order valence-electron chi connectivity index (χ4n) is 11.2. The molecule has 0 unspecified atom stereocenters. The average Bonchev–Trinajstić information content (AvgIpc) is 3.77. The lowest BCUT2D eigenvalue weighted by Gasteiger charge is -2.43. The van der Waals surface area contributed by atoms with Gasteiger partial charge in [0.1, 0.15) is 0 Å². The van der Waals surface area contributed by atoms with Crippen molar-refractivity contribution < 1.29 is 0 Å². The Morgan fingerprint density at radius 2 is 0.950 bits per heavy atom. The molecule has 0 N–H and O–H groups in total. The van der Waals surface area contributed by atoms with Crippen LogP contribution in [0.3, 0.4) is 0 Å². The lowest BCUT2D eigenvalue weighted by molar-refractivity contribution is 0.645. The summed E-state index contributed by atoms with van der Waals surface area (Å²) in [5.74, 6) is 0. The molecule has 3 aliphatic rings. The Morgan fingerprint density at radius 3 is 1.55 bits per heavy atom. The van der Waals surface area contributed by atoms with Crippen molar-refractivity contribution in [1.82, 2.24) is 4.57 Å². The van der Waals surface area contributed by atoms with Crippen LogP contribution in [0.4, 0.5) is 34.1 Å². The predicted molar refractivity (Wildman–Crippen MR) is 253 cm³/mol. The van der Waals surface area contributed by atoms with E-state index in [1.807, 2.05) is 0 Å². The van der Waals surface area contributed by atoms with Crippen LogP contribution in [0.25, 0.3) is 27.8 Å². The van der Waals surface area contributed by atoms with Crippen molar-refractivity contribution in [2.75, 3.05) is 9.80 Å². The molecule has 60 heavy (non-hydrogen) atoms. The van der Waals surface area contributed by atoms with Crippen molar-refractivity contribution in [3.63, 3.8) is 0 Å². The van der Waals surface area contributed by atoms with Gasteiger partial charge in [-0.3, -0.25) is 0 Å². The summed E-state index contributed by atoms with van der Waals surface area (Å²) >= 11 is 0. The molecule has 1 aromatic heterocycles. The molecule has 0 saturated carbocycles. The molecule has 0 radical (unpaired) electrons. The fourth-order valence-corrected chi connectivity index (χ4v) is 11.2. The highest BCUT2D eigenvalue weighted by atomic mass is 15.2. The second-order valence-corrected chi connectivity index (χ2v) is 17.7. The van der Waals surface area contributed by atoms with E-state index in [4.69, 9.17) is 0 Å². The molecule has 0 atom stereocenters. The molecule has 1 aliphatic carbocycles. The number of hydrogen-bond donors (Lipinski definition) is 0. The molecule has 0 amide bonds. The summed E-state index contributed by atoms with van der Waals surface area (Å²) in [4.78, 5) is 4.92. The third-order valence-electron chi connectivity index (χ3n) is 13.8. The second kappa shape index (κ2) is 12.7. The van der Waals surface area contributed by atoms with Crippen LogP contribution in [-0.2, 0) is 10.8 Å². The van der Waals surface area contributed by atoms with Crippen LogP contribution >= 0.6 is 0 Å². The van der Waals surface area contributed by atoms with Gasteiger partial charge in [0.05, 0.1) is 16.9 Å². The minimum atomic E-state index is -0.264. The van der Waals surface area contributed by atoms with E-state index in [1.165, 1.54) is 72.2 Å². The zero-order valence-corrected chi connectivity index (χ0v) is 34.4. The zero-order valence-electron chi connectivity index (χ0n) is 34.4. The standard InChI is InChI=1S/C56H44BN3/c1-55(2)44-31-19-20-32-46(44)57-47-33-34-48(59(39-25-13-7-14-26-39)40-27-15-8-16-28-40)50-51-53(42-29-17-18-30-43(42)56(51,3)4)60(54(47)50)49-36-41(35-45(55)52(49)57)58(37-21-9-5-10-22-37)38-23-11-6-12-24-38/h5-36H,1-4H3. The first-order valence-corrected chi connectivity index (χ1v) is 21.2. The second-order valence-electron chi connectivity index (χ2n) is 17.7. The maximum absolute atomic E-state index is 2.70. The summed E-state index contributed by atoms with van der Waals surface area (Å²) in [5, 5.41) is 1.32. The van der Waals surface area contributed by atoms with Crippen LogP contribution < -0.4 is 26.2 Å². The minimum Gasteiger partial charge on any atom is -0.310 e. The number of fused-ring (bicyclic) bond motifs is 9. The number of nitrogens with zero attached hydrogens (tertiary/aromatic N) is 3. The van der Waals surface area contributed by atoms with Crippen molar-refractivity contribution in [3.8, 4) is 16.9 Å². The van der Waals surface area contributed by atoms with Gasteiger partial charge >= 0.3 is 0 Å². The quantitative estimate of drug-likeness (QED) is 0.156. The van der Waals surface area contributed by atoms with Gasteiger partial charge in [-0.1, -0.05) is 161 Å². The first kappa shape index (κ1) is 35.0. The Labute approximate surface area is 352 Å². The molecule has 0 spiro atoms. The molecule has 4 heteroatoms. The Hall–Kier alpha value is -7.04. The molecular formula is C56H44BN3. The van der Waals surface area contributed by atoms with E-state index >= 15 is 0 Å². The largest absolute Gasteiger partial charge is 0.310 e. The highest BCUT2D eigenvalue weighted by Gasteiger charge is 2.49. The van der Waals surface area contributed by atoms with Crippen molar-refractivity contribution in [2.24, 2.45) is 0 Å². The molecule has 0 saturated heterocycles. The van der Waals surface area contributed by atoms with E-state index in [-0.39, 0.29) is 17.5 Å². The predicted octanol–water partition coefficient (Wildman–Crippen LogP) is 12.3. The molecule has 286 valence electrons. The first-order chi connectivity index (χ1) is 29.3. The van der Waals surface area contributed by atoms with Crippen LogP contribution in [0.1, 0.15) is 49.9 Å². The molecule has 2 aliphatic heterocycles. The van der Waals surface area contributed by atoms with Crippen LogP contribution in [-0.4, -0.2) is 11.3 Å². The Bertz CT molecular complexity index is 3070. The van der Waals surface area contributed by atoms with Gasteiger partial charge in [0.25, 0.3) is 0 Å². The molecule has 9 aromatic rings. The zero-order chi connectivity index (χ0) is 40.3. The van der Waals surface area contributed by atoms with E-state index < -0.39 is 0 Å². The van der Waals surface area contributed by atoms with Crippen molar-refractivity contribution in [2.45, 2.75) is 38.5 Å². The molecule has 0 bridgehead atoms. The van der Waals surface area contributed by atoms with E-state index in [0.717, 1.165) is 28.4 Å². The summed E-state index contributed by atoms with van der Waals surface area (Å²) in [7, 11) is 0. The third-order valence-corrected chi connectivity index (χ3v) is 13.8. The van der Waals surface area contributed by atoms with E-state index in [2.05, 4.69) is 236 Å². The van der Waals surface area contributed by atoms with Gasteiger partial charge in [0.2, 0.25) is 6.71 Å². The summed E-state index contributed by atoms with van der Waals surface area (Å²) in [6, 6.07) is 71.8. The van der Waals surface area contributed by atoms with Crippen LogP contribution in [0, 0.1) is 0 Å². The molecular weight excluding hydrogens is 725 g/mol. The van der Waals surface area contributed by atoms with Gasteiger partial charge in [-0.15, -0.1) is 0 Å². The normalized spacial score (nSPS) is 14.6. The maximum atomic E-state index is 2.70. The summed E-state index contributed by atoms with van der Waals surface area (Å²) < 4.78 is 2.70. The van der Waals surface area contributed by atoms with Gasteiger partial charge in [-0.2, -0.15) is 0 Å². The lowest BCUT2D eigenvalue weighted by atomic mass is 9.30. The molecule has 12 rings (SSSR count). The summed E-state index contributed by atoms with van der Waals surface area (Å²) in [5.41, 5.74) is 21.3. The fraction of sp³-hybridized carbons (Fsp3) is 0.107. The number of benzene rings is 8. The van der Waals surface area contributed by atoms with E-state index in [1.54, 1.807) is 0 Å². The average molecular weight is 770 g/mol. The Balaban J connectivity index is 1.27. The molecule has 0 fully saturated rings. The lowest BCUT2D eigenvalue weighted by Crippen LogP contribution is -2.63.